The Morgan fingerprint density at radius 3 is 2.48 bits per heavy atom. The highest BCUT2D eigenvalue weighted by Gasteiger charge is 2.10. The fourth-order valence-corrected chi connectivity index (χ4v) is 3.43. The molecular formula is C22H31N3O3S. The third kappa shape index (κ3) is 8.12. The number of rotatable bonds is 12. The van der Waals surface area contributed by atoms with Gasteiger partial charge in [0.2, 0.25) is 5.91 Å². The number of amides is 1. The van der Waals surface area contributed by atoms with E-state index in [1.54, 1.807) is 0 Å². The largest absolute Gasteiger partial charge is 0.379 e. The van der Waals surface area contributed by atoms with Crippen LogP contribution in [0.2, 0.25) is 0 Å². The minimum absolute atomic E-state index is 0.0242. The third-order valence-corrected chi connectivity index (χ3v) is 5.06. The second-order valence-electron chi connectivity index (χ2n) is 6.71. The summed E-state index contributed by atoms with van der Waals surface area (Å²) >= 11 is 1.53. The van der Waals surface area contributed by atoms with E-state index in [4.69, 9.17) is 9.47 Å². The van der Waals surface area contributed by atoms with Crippen LogP contribution in [0.5, 0.6) is 0 Å². The molecule has 1 aromatic heterocycles. The minimum atomic E-state index is 0.0242. The van der Waals surface area contributed by atoms with Crippen molar-refractivity contribution in [1.82, 2.24) is 15.3 Å². The molecule has 0 aliphatic carbocycles. The molecule has 0 radical (unpaired) electrons. The number of benzene rings is 1. The van der Waals surface area contributed by atoms with Crippen molar-refractivity contribution in [2.24, 2.45) is 0 Å². The molecule has 7 heteroatoms. The first-order valence-electron chi connectivity index (χ1n) is 9.91. The van der Waals surface area contributed by atoms with Crippen molar-refractivity contribution >= 4 is 17.7 Å². The quantitative estimate of drug-likeness (QED) is 0.323. The molecular weight excluding hydrogens is 386 g/mol. The lowest BCUT2D eigenvalue weighted by atomic mass is 10.1. The van der Waals surface area contributed by atoms with Crippen molar-refractivity contribution in [3.8, 4) is 0 Å². The Kier molecular flexibility index (Phi) is 10.1. The maximum absolute atomic E-state index is 12.3. The van der Waals surface area contributed by atoms with E-state index in [-0.39, 0.29) is 5.91 Å². The number of hydrogen-bond donors (Lipinski definition) is 1. The van der Waals surface area contributed by atoms with E-state index in [1.165, 1.54) is 11.8 Å². The van der Waals surface area contributed by atoms with Crippen LogP contribution in [0.4, 0.5) is 0 Å². The van der Waals surface area contributed by atoms with Crippen LogP contribution in [0.1, 0.15) is 41.4 Å². The lowest BCUT2D eigenvalue weighted by molar-refractivity contribution is -0.121. The van der Waals surface area contributed by atoms with E-state index in [9.17, 15) is 4.79 Å². The molecule has 1 N–H and O–H groups in total. The van der Waals surface area contributed by atoms with Crippen LogP contribution in [0, 0.1) is 13.8 Å². The number of aromatic nitrogens is 2. The highest BCUT2D eigenvalue weighted by Crippen LogP contribution is 2.17. The molecule has 0 aliphatic heterocycles. The molecule has 158 valence electrons. The van der Waals surface area contributed by atoms with E-state index >= 15 is 0 Å². The number of nitrogens with one attached hydrogen (secondary N) is 1. The van der Waals surface area contributed by atoms with Gasteiger partial charge in [0.1, 0.15) is 0 Å². The fraction of sp³-hybridized carbons (Fsp3) is 0.500. The zero-order chi connectivity index (χ0) is 21.1. The van der Waals surface area contributed by atoms with Crippen molar-refractivity contribution in [2.45, 2.75) is 51.9 Å². The maximum atomic E-state index is 12.3. The minimum Gasteiger partial charge on any atom is -0.379 e. The van der Waals surface area contributed by atoms with E-state index in [2.05, 4.69) is 21.4 Å². The lowest BCUT2D eigenvalue weighted by Crippen LogP contribution is -2.23. The number of carbonyl (C=O) groups excluding carboxylic acids is 1. The molecule has 0 unspecified atom stereocenters. The second kappa shape index (κ2) is 12.6. The van der Waals surface area contributed by atoms with Gasteiger partial charge in [0.05, 0.1) is 19.8 Å². The van der Waals surface area contributed by atoms with Crippen molar-refractivity contribution < 1.29 is 14.3 Å². The molecule has 0 aliphatic rings. The van der Waals surface area contributed by atoms with Crippen LogP contribution in [0.25, 0.3) is 0 Å². The molecule has 29 heavy (non-hydrogen) atoms. The van der Waals surface area contributed by atoms with Gasteiger partial charge in [-0.1, -0.05) is 36.0 Å². The predicted molar refractivity (Wildman–Crippen MR) is 116 cm³/mol. The molecule has 2 rings (SSSR count). The Hall–Kier alpha value is -1.96. The van der Waals surface area contributed by atoms with Crippen molar-refractivity contribution in [2.75, 3.05) is 26.1 Å². The highest BCUT2D eigenvalue weighted by atomic mass is 32.2. The third-order valence-electron chi connectivity index (χ3n) is 4.51. The summed E-state index contributed by atoms with van der Waals surface area (Å²) in [5, 5.41) is 3.77. The molecule has 0 fully saturated rings. The summed E-state index contributed by atoms with van der Waals surface area (Å²) in [6.45, 7) is 8.85. The zero-order valence-corrected chi connectivity index (χ0v) is 18.6. The smallest absolute Gasteiger partial charge is 0.220 e. The van der Waals surface area contributed by atoms with Gasteiger partial charge in [-0.15, -0.1) is 0 Å². The second-order valence-corrected chi connectivity index (χ2v) is 7.48. The van der Waals surface area contributed by atoms with Gasteiger partial charge in [-0.05, 0) is 50.1 Å². The van der Waals surface area contributed by atoms with Crippen molar-refractivity contribution in [3.63, 3.8) is 0 Å². The van der Waals surface area contributed by atoms with E-state index in [0.717, 1.165) is 33.2 Å². The fourth-order valence-electron chi connectivity index (χ4n) is 2.97. The van der Waals surface area contributed by atoms with Gasteiger partial charge in [-0.2, -0.15) is 0 Å². The zero-order valence-electron chi connectivity index (χ0n) is 17.8. The van der Waals surface area contributed by atoms with Crippen LogP contribution < -0.4 is 5.32 Å². The molecule has 0 spiro atoms. The predicted octanol–water partition coefficient (Wildman–Crippen LogP) is 3.62. The Bertz CT molecular complexity index is 776. The lowest BCUT2D eigenvalue weighted by Gasteiger charge is -2.11. The average Bonchev–Trinajstić information content (AvgIpc) is 2.71. The van der Waals surface area contributed by atoms with Crippen LogP contribution in [0.3, 0.4) is 0 Å². The molecule has 0 saturated carbocycles. The number of hydrogen-bond acceptors (Lipinski definition) is 6. The number of carbonyl (C=O) groups is 1. The average molecular weight is 418 g/mol. The van der Waals surface area contributed by atoms with Gasteiger partial charge in [-0.3, -0.25) is 4.79 Å². The van der Waals surface area contributed by atoms with Crippen molar-refractivity contribution in [3.05, 3.63) is 52.3 Å². The van der Waals surface area contributed by atoms with E-state index < -0.39 is 0 Å². The van der Waals surface area contributed by atoms with Crippen LogP contribution >= 0.6 is 11.8 Å². The first kappa shape index (κ1) is 23.3. The molecule has 1 aromatic carbocycles. The number of nitrogens with zero attached hydrogens (tertiary/aromatic N) is 2. The maximum Gasteiger partial charge on any atom is 0.220 e. The Balaban J connectivity index is 1.78. The van der Waals surface area contributed by atoms with Gasteiger partial charge < -0.3 is 14.8 Å². The molecule has 1 heterocycles. The summed E-state index contributed by atoms with van der Waals surface area (Å²) in [7, 11) is 0. The van der Waals surface area contributed by atoms with Gasteiger partial charge in [0.25, 0.3) is 0 Å². The summed E-state index contributed by atoms with van der Waals surface area (Å²) in [5.74, 6) is 0.0242. The first-order valence-corrected chi connectivity index (χ1v) is 11.1. The SMILES string of the molecule is CCOCCOCc1cccc(CNC(=O)CCc2c(C)nc(SC)nc2C)c1. The summed E-state index contributed by atoms with van der Waals surface area (Å²) in [6.07, 6.45) is 3.03. The van der Waals surface area contributed by atoms with Gasteiger partial charge in [-0.25, -0.2) is 9.97 Å². The molecule has 0 saturated heterocycles. The van der Waals surface area contributed by atoms with E-state index in [1.807, 2.05) is 45.2 Å². The van der Waals surface area contributed by atoms with Crippen LogP contribution in [0.15, 0.2) is 29.4 Å². The molecule has 2 aromatic rings. The number of thioether (sulfide) groups is 1. The molecule has 0 bridgehead atoms. The number of aryl methyl sites for hydroxylation is 2. The van der Waals surface area contributed by atoms with Gasteiger partial charge >= 0.3 is 0 Å². The molecule has 1 amide bonds. The molecule has 6 nitrogen and oxygen atoms in total. The summed E-state index contributed by atoms with van der Waals surface area (Å²) in [6, 6.07) is 8.08. The van der Waals surface area contributed by atoms with Gasteiger partial charge in [0.15, 0.2) is 5.16 Å². The Labute approximate surface area is 177 Å². The normalized spacial score (nSPS) is 10.9. The topological polar surface area (TPSA) is 73.3 Å². The van der Waals surface area contributed by atoms with Crippen LogP contribution in [-0.2, 0) is 33.8 Å². The number of ether oxygens (including phenoxy) is 2. The standard InChI is InChI=1S/C22H31N3O3S/c1-5-27-11-12-28-15-19-8-6-7-18(13-19)14-23-21(26)10-9-20-16(2)24-22(29-4)25-17(20)3/h6-8,13H,5,9-12,14-15H2,1-4H3,(H,23,26). The monoisotopic (exact) mass is 417 g/mol. The van der Waals surface area contributed by atoms with Gasteiger partial charge in [0, 0.05) is 31.0 Å². The highest BCUT2D eigenvalue weighted by molar-refractivity contribution is 7.98. The van der Waals surface area contributed by atoms with Crippen LogP contribution in [-0.4, -0.2) is 42.0 Å². The first-order chi connectivity index (χ1) is 14.0. The molecule has 0 atom stereocenters. The van der Waals surface area contributed by atoms with E-state index in [0.29, 0.717) is 45.8 Å². The Morgan fingerprint density at radius 2 is 1.79 bits per heavy atom. The summed E-state index contributed by atoms with van der Waals surface area (Å²) in [4.78, 5) is 21.2. The summed E-state index contributed by atoms with van der Waals surface area (Å²) < 4.78 is 10.9. The van der Waals surface area contributed by atoms with Crippen molar-refractivity contribution in [1.29, 1.82) is 0 Å². The Morgan fingerprint density at radius 1 is 1.10 bits per heavy atom. The summed E-state index contributed by atoms with van der Waals surface area (Å²) in [5.41, 5.74) is 5.11.